The lowest BCUT2D eigenvalue weighted by atomic mass is 10.2. The molecule has 0 saturated carbocycles. The van der Waals surface area contributed by atoms with Crippen molar-refractivity contribution < 1.29 is 0 Å². The van der Waals surface area contributed by atoms with E-state index in [1.165, 1.54) is 19.5 Å². The Hall–Kier alpha value is -0.640. The van der Waals surface area contributed by atoms with Crippen LogP contribution in [0.25, 0.3) is 9.75 Å². The number of hydrogen-bond donors (Lipinski definition) is 1. The van der Waals surface area contributed by atoms with Crippen molar-refractivity contribution in [1.82, 2.24) is 0 Å². The lowest BCUT2D eigenvalue weighted by Crippen LogP contribution is -2.16. The Morgan fingerprint density at radius 2 is 1.80 bits per heavy atom. The molecule has 15 heavy (non-hydrogen) atoms. The standard InChI is InChI=1S/C12H15NS2/c1-8(13)7-10-4-6-12(15-10)11-5-3-9(2)14-11/h3-6,8H,7,13H2,1-2H3. The zero-order valence-electron chi connectivity index (χ0n) is 8.99. The lowest BCUT2D eigenvalue weighted by Gasteiger charge is -1.99. The van der Waals surface area contributed by atoms with Crippen LogP contribution in [-0.4, -0.2) is 6.04 Å². The molecular formula is C12H15NS2. The average molecular weight is 237 g/mol. The molecule has 2 N–H and O–H groups in total. The van der Waals surface area contributed by atoms with Crippen LogP contribution in [0.4, 0.5) is 0 Å². The van der Waals surface area contributed by atoms with Crippen molar-refractivity contribution >= 4 is 22.7 Å². The summed E-state index contributed by atoms with van der Waals surface area (Å²) < 4.78 is 0. The van der Waals surface area contributed by atoms with E-state index < -0.39 is 0 Å². The van der Waals surface area contributed by atoms with Crippen molar-refractivity contribution in [3.05, 3.63) is 34.0 Å². The van der Waals surface area contributed by atoms with E-state index >= 15 is 0 Å². The molecule has 1 unspecified atom stereocenters. The van der Waals surface area contributed by atoms with Crippen LogP contribution in [0, 0.1) is 6.92 Å². The summed E-state index contributed by atoms with van der Waals surface area (Å²) in [5.41, 5.74) is 5.79. The first-order valence-corrected chi connectivity index (χ1v) is 6.69. The molecule has 0 aliphatic carbocycles. The fourth-order valence-corrected chi connectivity index (χ4v) is 3.61. The monoisotopic (exact) mass is 237 g/mol. The molecule has 0 bridgehead atoms. The fraction of sp³-hybridized carbons (Fsp3) is 0.333. The van der Waals surface area contributed by atoms with E-state index in [1.807, 2.05) is 22.7 Å². The Labute approximate surface area is 98.6 Å². The van der Waals surface area contributed by atoms with Crippen molar-refractivity contribution in [3.8, 4) is 9.75 Å². The van der Waals surface area contributed by atoms with Gasteiger partial charge in [0, 0.05) is 25.6 Å². The van der Waals surface area contributed by atoms with Crippen molar-refractivity contribution in [2.75, 3.05) is 0 Å². The molecule has 0 aliphatic rings. The molecule has 2 aromatic rings. The first-order chi connectivity index (χ1) is 7.15. The first-order valence-electron chi connectivity index (χ1n) is 5.06. The molecule has 0 radical (unpaired) electrons. The van der Waals surface area contributed by atoms with Gasteiger partial charge in [0.05, 0.1) is 0 Å². The number of nitrogens with two attached hydrogens (primary N) is 1. The second-order valence-electron chi connectivity index (χ2n) is 3.86. The van der Waals surface area contributed by atoms with Gasteiger partial charge in [-0.2, -0.15) is 0 Å². The van der Waals surface area contributed by atoms with E-state index in [2.05, 4.69) is 38.1 Å². The van der Waals surface area contributed by atoms with Crippen LogP contribution in [-0.2, 0) is 6.42 Å². The highest BCUT2D eigenvalue weighted by molar-refractivity contribution is 7.22. The summed E-state index contributed by atoms with van der Waals surface area (Å²) in [5.74, 6) is 0. The number of hydrogen-bond acceptors (Lipinski definition) is 3. The Bertz CT molecular complexity index is 440. The van der Waals surface area contributed by atoms with Gasteiger partial charge in [0.2, 0.25) is 0 Å². The fourth-order valence-electron chi connectivity index (χ4n) is 1.50. The van der Waals surface area contributed by atoms with Crippen molar-refractivity contribution in [2.24, 2.45) is 5.73 Å². The van der Waals surface area contributed by atoms with Gasteiger partial charge >= 0.3 is 0 Å². The normalized spacial score (nSPS) is 13.0. The van der Waals surface area contributed by atoms with Crippen LogP contribution in [0.15, 0.2) is 24.3 Å². The summed E-state index contributed by atoms with van der Waals surface area (Å²) in [5, 5.41) is 0. The minimum absolute atomic E-state index is 0.251. The van der Waals surface area contributed by atoms with Crippen LogP contribution < -0.4 is 5.73 Å². The topological polar surface area (TPSA) is 26.0 Å². The SMILES string of the molecule is Cc1ccc(-c2ccc(CC(C)N)s2)s1. The third-order valence-corrected chi connectivity index (χ3v) is 4.47. The van der Waals surface area contributed by atoms with Crippen LogP contribution in [0.2, 0.25) is 0 Å². The molecule has 1 nitrogen and oxygen atoms in total. The second-order valence-corrected chi connectivity index (χ2v) is 6.31. The highest BCUT2D eigenvalue weighted by atomic mass is 32.1. The largest absolute Gasteiger partial charge is 0.328 e. The molecule has 0 aromatic carbocycles. The van der Waals surface area contributed by atoms with Gasteiger partial charge in [-0.05, 0) is 44.5 Å². The van der Waals surface area contributed by atoms with Crippen molar-refractivity contribution in [3.63, 3.8) is 0 Å². The minimum Gasteiger partial charge on any atom is -0.328 e. The van der Waals surface area contributed by atoms with E-state index in [-0.39, 0.29) is 6.04 Å². The van der Waals surface area contributed by atoms with Crippen LogP contribution in [0.3, 0.4) is 0 Å². The summed E-state index contributed by atoms with van der Waals surface area (Å²) >= 11 is 3.71. The predicted molar refractivity (Wildman–Crippen MR) is 69.7 cm³/mol. The summed E-state index contributed by atoms with van der Waals surface area (Å²) in [7, 11) is 0. The summed E-state index contributed by atoms with van der Waals surface area (Å²) in [4.78, 5) is 5.48. The van der Waals surface area contributed by atoms with Gasteiger partial charge in [-0.1, -0.05) is 0 Å². The van der Waals surface area contributed by atoms with Crippen LogP contribution in [0.5, 0.6) is 0 Å². The molecule has 2 aromatic heterocycles. The van der Waals surface area contributed by atoms with E-state index in [9.17, 15) is 0 Å². The summed E-state index contributed by atoms with van der Waals surface area (Å²) in [6.45, 7) is 4.19. The Balaban J connectivity index is 2.20. The van der Waals surface area contributed by atoms with E-state index in [0.717, 1.165) is 6.42 Å². The molecule has 3 heteroatoms. The summed E-state index contributed by atoms with van der Waals surface area (Å²) in [6.07, 6.45) is 0.981. The van der Waals surface area contributed by atoms with Gasteiger partial charge in [0.25, 0.3) is 0 Å². The number of aryl methyl sites for hydroxylation is 1. The second kappa shape index (κ2) is 4.47. The molecular weight excluding hydrogens is 222 g/mol. The first kappa shape index (κ1) is 10.9. The van der Waals surface area contributed by atoms with Crippen molar-refractivity contribution in [1.29, 1.82) is 0 Å². The zero-order chi connectivity index (χ0) is 10.8. The molecule has 0 saturated heterocycles. The Morgan fingerprint density at radius 3 is 2.40 bits per heavy atom. The van der Waals surface area contributed by atoms with E-state index in [1.54, 1.807) is 0 Å². The number of rotatable bonds is 3. The smallest absolute Gasteiger partial charge is 0.0445 e. The van der Waals surface area contributed by atoms with Gasteiger partial charge < -0.3 is 5.73 Å². The quantitative estimate of drug-likeness (QED) is 0.866. The van der Waals surface area contributed by atoms with Gasteiger partial charge in [0.15, 0.2) is 0 Å². The third kappa shape index (κ3) is 2.68. The number of thiophene rings is 2. The molecule has 0 fully saturated rings. The highest BCUT2D eigenvalue weighted by Gasteiger charge is 2.06. The molecule has 1 atom stereocenters. The lowest BCUT2D eigenvalue weighted by molar-refractivity contribution is 0.746. The predicted octanol–water partition coefficient (Wildman–Crippen LogP) is 3.67. The zero-order valence-corrected chi connectivity index (χ0v) is 10.6. The highest BCUT2D eigenvalue weighted by Crippen LogP contribution is 2.33. The maximum absolute atomic E-state index is 5.79. The van der Waals surface area contributed by atoms with E-state index in [4.69, 9.17) is 5.73 Å². The van der Waals surface area contributed by atoms with Crippen LogP contribution in [0.1, 0.15) is 16.7 Å². The van der Waals surface area contributed by atoms with Crippen molar-refractivity contribution in [2.45, 2.75) is 26.3 Å². The average Bonchev–Trinajstić information content (AvgIpc) is 2.72. The molecule has 0 amide bonds. The maximum Gasteiger partial charge on any atom is 0.0445 e. The minimum atomic E-state index is 0.251. The molecule has 2 rings (SSSR count). The summed E-state index contributed by atoms with van der Waals surface area (Å²) in [6, 6.07) is 9.01. The van der Waals surface area contributed by atoms with Crippen LogP contribution >= 0.6 is 22.7 Å². The van der Waals surface area contributed by atoms with E-state index in [0.29, 0.717) is 0 Å². The molecule has 2 heterocycles. The Kier molecular flexibility index (Phi) is 3.24. The van der Waals surface area contributed by atoms with Gasteiger partial charge in [-0.3, -0.25) is 0 Å². The molecule has 80 valence electrons. The Morgan fingerprint density at radius 1 is 1.13 bits per heavy atom. The molecule has 0 spiro atoms. The van der Waals surface area contributed by atoms with Gasteiger partial charge in [0.1, 0.15) is 0 Å². The maximum atomic E-state index is 5.79. The third-order valence-electron chi connectivity index (χ3n) is 2.17. The van der Waals surface area contributed by atoms with Gasteiger partial charge in [-0.25, -0.2) is 0 Å². The van der Waals surface area contributed by atoms with Gasteiger partial charge in [-0.15, -0.1) is 22.7 Å². The molecule has 0 aliphatic heterocycles.